The molecule has 0 saturated heterocycles. The molecule has 1 N–H and O–H groups in total. The van der Waals surface area contributed by atoms with E-state index < -0.39 is 6.04 Å². The Morgan fingerprint density at radius 1 is 1.13 bits per heavy atom. The number of methoxy groups -OCH3 is 2. The van der Waals surface area contributed by atoms with Gasteiger partial charge in [-0.15, -0.1) is 4.91 Å². The van der Waals surface area contributed by atoms with Crippen LogP contribution in [0.5, 0.6) is 5.75 Å². The van der Waals surface area contributed by atoms with Crippen LogP contribution in [0.2, 0.25) is 0 Å². The van der Waals surface area contributed by atoms with Crippen LogP contribution in [0, 0.1) is 4.91 Å². The largest absolute Gasteiger partial charge is 0.497 e. The van der Waals surface area contributed by atoms with Crippen LogP contribution in [0.1, 0.15) is 18.0 Å². The van der Waals surface area contributed by atoms with Crippen molar-refractivity contribution in [2.45, 2.75) is 12.5 Å². The number of carbonyl (C=O) groups excluding carboxylic acids is 1. The zero-order chi connectivity index (χ0) is 16.7. The first-order valence-electron chi connectivity index (χ1n) is 7.07. The molecular formula is C17H18N2O4. The van der Waals surface area contributed by atoms with Crippen molar-refractivity contribution < 1.29 is 14.3 Å². The Hall–Kier alpha value is -2.89. The summed E-state index contributed by atoms with van der Waals surface area (Å²) in [6.45, 7) is 0. The third kappa shape index (κ3) is 4.29. The minimum absolute atomic E-state index is 0.0784. The van der Waals surface area contributed by atoms with Crippen LogP contribution in [0.15, 0.2) is 53.7 Å². The fraction of sp³-hybridized carbons (Fsp3) is 0.235. The third-order valence-electron chi connectivity index (χ3n) is 3.44. The summed E-state index contributed by atoms with van der Waals surface area (Å²) in [6, 6.07) is 13.8. The maximum atomic E-state index is 11.7. The van der Waals surface area contributed by atoms with Gasteiger partial charge in [0.05, 0.1) is 26.7 Å². The molecule has 1 atom stereocenters. The molecule has 0 aliphatic heterocycles. The van der Waals surface area contributed by atoms with E-state index in [9.17, 15) is 9.70 Å². The van der Waals surface area contributed by atoms with Gasteiger partial charge >= 0.3 is 5.97 Å². The SMILES string of the molecule is COC(=O)CC(Nc1ccc(OC)cc1)c1ccccc1N=O. The van der Waals surface area contributed by atoms with E-state index in [0.717, 1.165) is 11.4 Å². The lowest BCUT2D eigenvalue weighted by atomic mass is 10.0. The van der Waals surface area contributed by atoms with Gasteiger partial charge in [-0.1, -0.05) is 18.2 Å². The van der Waals surface area contributed by atoms with E-state index in [4.69, 9.17) is 9.47 Å². The smallest absolute Gasteiger partial charge is 0.307 e. The first kappa shape index (κ1) is 16.5. The molecule has 0 aromatic heterocycles. The van der Waals surface area contributed by atoms with Gasteiger partial charge in [0.2, 0.25) is 0 Å². The Morgan fingerprint density at radius 2 is 1.83 bits per heavy atom. The second-order valence-electron chi connectivity index (χ2n) is 4.86. The predicted octanol–water partition coefficient (Wildman–Crippen LogP) is 3.81. The summed E-state index contributed by atoms with van der Waals surface area (Å²) >= 11 is 0. The van der Waals surface area contributed by atoms with E-state index in [1.807, 2.05) is 12.1 Å². The molecule has 0 aliphatic rings. The fourth-order valence-electron chi connectivity index (χ4n) is 2.24. The number of anilines is 1. The van der Waals surface area contributed by atoms with Gasteiger partial charge in [-0.25, -0.2) is 0 Å². The van der Waals surface area contributed by atoms with Gasteiger partial charge in [-0.3, -0.25) is 4.79 Å². The second-order valence-corrected chi connectivity index (χ2v) is 4.86. The van der Waals surface area contributed by atoms with Gasteiger partial charge in [-0.05, 0) is 35.5 Å². The van der Waals surface area contributed by atoms with Crippen LogP contribution < -0.4 is 10.1 Å². The van der Waals surface area contributed by atoms with Crippen LogP contribution in [-0.4, -0.2) is 20.2 Å². The summed E-state index contributed by atoms with van der Waals surface area (Å²) in [7, 11) is 2.92. The molecule has 0 heterocycles. The molecule has 0 spiro atoms. The highest BCUT2D eigenvalue weighted by Crippen LogP contribution is 2.31. The summed E-state index contributed by atoms with van der Waals surface area (Å²) in [5.41, 5.74) is 1.73. The molecule has 23 heavy (non-hydrogen) atoms. The molecule has 0 amide bonds. The minimum atomic E-state index is -0.426. The maximum absolute atomic E-state index is 11.7. The Kier molecular flexibility index (Phi) is 5.68. The number of hydrogen-bond acceptors (Lipinski definition) is 6. The molecule has 120 valence electrons. The Morgan fingerprint density at radius 3 is 2.43 bits per heavy atom. The predicted molar refractivity (Wildman–Crippen MR) is 87.9 cm³/mol. The van der Waals surface area contributed by atoms with Crippen LogP contribution in [0.25, 0.3) is 0 Å². The lowest BCUT2D eigenvalue weighted by Gasteiger charge is -2.20. The van der Waals surface area contributed by atoms with Crippen molar-refractivity contribution in [2.24, 2.45) is 5.18 Å². The highest BCUT2D eigenvalue weighted by atomic mass is 16.5. The number of rotatable bonds is 7. The topological polar surface area (TPSA) is 77.0 Å². The van der Waals surface area contributed by atoms with E-state index in [0.29, 0.717) is 11.3 Å². The summed E-state index contributed by atoms with van der Waals surface area (Å²) in [5, 5.41) is 6.26. The average Bonchev–Trinajstić information content (AvgIpc) is 2.61. The zero-order valence-electron chi connectivity index (χ0n) is 13.0. The summed E-state index contributed by atoms with van der Waals surface area (Å²) in [6.07, 6.45) is 0.0784. The van der Waals surface area contributed by atoms with Crippen molar-refractivity contribution >= 4 is 17.3 Å². The van der Waals surface area contributed by atoms with E-state index >= 15 is 0 Å². The first-order chi connectivity index (χ1) is 11.2. The number of benzene rings is 2. The molecule has 2 rings (SSSR count). The molecule has 0 fully saturated rings. The molecule has 2 aromatic carbocycles. The molecule has 6 nitrogen and oxygen atoms in total. The fourth-order valence-corrected chi connectivity index (χ4v) is 2.24. The standard InChI is InChI=1S/C17H18N2O4/c1-22-13-9-7-12(8-10-13)18-16(11-17(20)23-2)14-5-3-4-6-15(14)19-21/h3-10,16,18H,11H2,1-2H3. The maximum Gasteiger partial charge on any atom is 0.307 e. The van der Waals surface area contributed by atoms with Crippen LogP contribution in [0.3, 0.4) is 0 Å². The average molecular weight is 314 g/mol. The van der Waals surface area contributed by atoms with Crippen molar-refractivity contribution in [1.82, 2.24) is 0 Å². The van der Waals surface area contributed by atoms with Crippen LogP contribution >= 0.6 is 0 Å². The van der Waals surface area contributed by atoms with Crippen molar-refractivity contribution in [1.29, 1.82) is 0 Å². The number of nitrogens with one attached hydrogen (secondary N) is 1. The van der Waals surface area contributed by atoms with Gasteiger partial charge in [0.15, 0.2) is 0 Å². The number of nitroso groups, excluding NO2 is 1. The monoisotopic (exact) mass is 314 g/mol. The number of carbonyl (C=O) groups is 1. The van der Waals surface area contributed by atoms with E-state index in [-0.39, 0.29) is 12.4 Å². The lowest BCUT2D eigenvalue weighted by Crippen LogP contribution is -2.16. The third-order valence-corrected chi connectivity index (χ3v) is 3.44. The Labute approximate surface area is 134 Å². The normalized spacial score (nSPS) is 11.4. The molecular weight excluding hydrogens is 296 g/mol. The molecule has 0 radical (unpaired) electrons. The quantitative estimate of drug-likeness (QED) is 0.621. The molecule has 6 heteroatoms. The van der Waals surface area contributed by atoms with Crippen molar-refractivity contribution in [3.05, 3.63) is 59.0 Å². The van der Waals surface area contributed by atoms with E-state index in [2.05, 4.69) is 10.5 Å². The Bertz CT molecular complexity index is 671. The summed E-state index contributed by atoms with van der Waals surface area (Å²) in [5.74, 6) is 0.353. The molecule has 0 aliphatic carbocycles. The number of nitrogens with zero attached hydrogens (tertiary/aromatic N) is 1. The molecule has 0 bridgehead atoms. The second kappa shape index (κ2) is 7.93. The first-order valence-corrected chi connectivity index (χ1v) is 7.07. The van der Waals surface area contributed by atoms with E-state index in [1.54, 1.807) is 43.5 Å². The molecule has 1 unspecified atom stereocenters. The van der Waals surface area contributed by atoms with Crippen molar-refractivity contribution in [3.8, 4) is 5.75 Å². The number of ether oxygens (including phenoxy) is 2. The highest BCUT2D eigenvalue weighted by Gasteiger charge is 2.20. The van der Waals surface area contributed by atoms with Crippen LogP contribution in [0.4, 0.5) is 11.4 Å². The summed E-state index contributed by atoms with van der Waals surface area (Å²) < 4.78 is 9.86. The minimum Gasteiger partial charge on any atom is -0.497 e. The lowest BCUT2D eigenvalue weighted by molar-refractivity contribution is -0.140. The zero-order valence-corrected chi connectivity index (χ0v) is 13.0. The van der Waals surface area contributed by atoms with Crippen molar-refractivity contribution in [2.75, 3.05) is 19.5 Å². The van der Waals surface area contributed by atoms with Gasteiger partial charge in [0.25, 0.3) is 0 Å². The number of esters is 1. The van der Waals surface area contributed by atoms with Gasteiger partial charge in [0.1, 0.15) is 11.4 Å². The Balaban J connectivity index is 2.29. The van der Waals surface area contributed by atoms with Gasteiger partial charge < -0.3 is 14.8 Å². The van der Waals surface area contributed by atoms with Crippen molar-refractivity contribution in [3.63, 3.8) is 0 Å². The van der Waals surface area contributed by atoms with E-state index in [1.165, 1.54) is 7.11 Å². The molecule has 2 aromatic rings. The molecule has 0 saturated carbocycles. The highest BCUT2D eigenvalue weighted by molar-refractivity contribution is 5.72. The number of hydrogen-bond donors (Lipinski definition) is 1. The summed E-state index contributed by atoms with van der Waals surface area (Å²) in [4.78, 5) is 22.7. The van der Waals surface area contributed by atoms with Gasteiger partial charge in [0, 0.05) is 11.3 Å². The van der Waals surface area contributed by atoms with Crippen LogP contribution in [-0.2, 0) is 9.53 Å². The van der Waals surface area contributed by atoms with Gasteiger partial charge in [-0.2, -0.15) is 0 Å².